The van der Waals surface area contributed by atoms with Gasteiger partial charge in [0.2, 0.25) is 0 Å². The lowest BCUT2D eigenvalue weighted by molar-refractivity contribution is -0.151. The molecule has 0 radical (unpaired) electrons. The standard InChI is InChI=1S/C15H32N2O3/c1-8-19-14(18)15(6,16-12(2)3)11-17(7)9-10-20-13(4)5/h12-13,16H,8-11H2,1-7H3. The number of carbonyl (C=O) groups excluding carboxylic acids is 1. The quantitative estimate of drug-likeness (QED) is 0.620. The fourth-order valence-electron chi connectivity index (χ4n) is 2.16. The monoisotopic (exact) mass is 288 g/mol. The number of nitrogens with zero attached hydrogens (tertiary/aromatic N) is 1. The van der Waals surface area contributed by atoms with Gasteiger partial charge in [0.25, 0.3) is 0 Å². The Morgan fingerprint density at radius 3 is 2.35 bits per heavy atom. The minimum absolute atomic E-state index is 0.203. The molecule has 0 aromatic heterocycles. The van der Waals surface area contributed by atoms with E-state index >= 15 is 0 Å². The van der Waals surface area contributed by atoms with E-state index in [0.29, 0.717) is 19.8 Å². The third-order valence-corrected chi connectivity index (χ3v) is 2.84. The number of carbonyl (C=O) groups is 1. The highest BCUT2D eigenvalue weighted by Crippen LogP contribution is 2.10. The second-order valence-corrected chi connectivity index (χ2v) is 6.01. The van der Waals surface area contributed by atoms with Gasteiger partial charge < -0.3 is 14.4 Å². The van der Waals surface area contributed by atoms with Crippen molar-refractivity contribution < 1.29 is 14.3 Å². The first-order valence-corrected chi connectivity index (χ1v) is 7.46. The predicted octanol–water partition coefficient (Wildman–Crippen LogP) is 1.66. The summed E-state index contributed by atoms with van der Waals surface area (Å²) in [4.78, 5) is 14.3. The average molecular weight is 288 g/mol. The Labute approximate surface area is 124 Å². The summed E-state index contributed by atoms with van der Waals surface area (Å²) in [7, 11) is 1.99. The van der Waals surface area contributed by atoms with Gasteiger partial charge >= 0.3 is 5.97 Å². The average Bonchev–Trinajstić information content (AvgIpc) is 2.27. The van der Waals surface area contributed by atoms with Crippen LogP contribution < -0.4 is 5.32 Å². The van der Waals surface area contributed by atoms with Crippen LogP contribution >= 0.6 is 0 Å². The van der Waals surface area contributed by atoms with Crippen LogP contribution in [0.4, 0.5) is 0 Å². The van der Waals surface area contributed by atoms with E-state index in [1.54, 1.807) is 0 Å². The molecular formula is C15H32N2O3. The molecular weight excluding hydrogens is 256 g/mol. The van der Waals surface area contributed by atoms with Crippen molar-refractivity contribution in [2.45, 2.75) is 59.2 Å². The molecule has 1 unspecified atom stereocenters. The summed E-state index contributed by atoms with van der Waals surface area (Å²) in [5.41, 5.74) is -0.698. The van der Waals surface area contributed by atoms with Crippen molar-refractivity contribution in [1.29, 1.82) is 0 Å². The number of ether oxygens (including phenoxy) is 2. The van der Waals surface area contributed by atoms with Crippen LogP contribution in [0.2, 0.25) is 0 Å². The van der Waals surface area contributed by atoms with Crippen LogP contribution in [-0.2, 0) is 14.3 Å². The van der Waals surface area contributed by atoms with E-state index in [4.69, 9.17) is 9.47 Å². The van der Waals surface area contributed by atoms with E-state index in [1.807, 2.05) is 48.6 Å². The fraction of sp³-hybridized carbons (Fsp3) is 0.933. The molecule has 5 nitrogen and oxygen atoms in total. The van der Waals surface area contributed by atoms with Crippen molar-refractivity contribution in [3.8, 4) is 0 Å². The molecule has 0 saturated carbocycles. The van der Waals surface area contributed by atoms with Crippen LogP contribution in [0.25, 0.3) is 0 Å². The van der Waals surface area contributed by atoms with Crippen molar-refractivity contribution in [2.24, 2.45) is 0 Å². The molecule has 0 aliphatic heterocycles. The van der Waals surface area contributed by atoms with Crippen LogP contribution in [0.5, 0.6) is 0 Å². The van der Waals surface area contributed by atoms with Crippen LogP contribution in [0.3, 0.4) is 0 Å². The number of rotatable bonds is 10. The summed E-state index contributed by atoms with van der Waals surface area (Å²) in [5.74, 6) is -0.203. The first kappa shape index (κ1) is 19.4. The Balaban J connectivity index is 4.51. The number of hydrogen-bond donors (Lipinski definition) is 1. The van der Waals surface area contributed by atoms with E-state index in [-0.39, 0.29) is 18.1 Å². The number of esters is 1. The van der Waals surface area contributed by atoms with Gasteiger partial charge in [0.05, 0.1) is 19.3 Å². The maximum atomic E-state index is 12.2. The highest BCUT2D eigenvalue weighted by molar-refractivity contribution is 5.80. The lowest BCUT2D eigenvalue weighted by Crippen LogP contribution is -2.59. The number of likely N-dealkylation sites (N-methyl/N-ethyl adjacent to an activating group) is 1. The summed E-state index contributed by atoms with van der Waals surface area (Å²) in [6, 6.07) is 0.213. The zero-order chi connectivity index (χ0) is 15.8. The van der Waals surface area contributed by atoms with Gasteiger partial charge in [-0.05, 0) is 48.6 Å². The van der Waals surface area contributed by atoms with Crippen molar-refractivity contribution in [3.05, 3.63) is 0 Å². The van der Waals surface area contributed by atoms with Crippen molar-refractivity contribution >= 4 is 5.97 Å². The molecule has 0 bridgehead atoms. The Morgan fingerprint density at radius 1 is 1.30 bits per heavy atom. The minimum atomic E-state index is -0.698. The van der Waals surface area contributed by atoms with Gasteiger partial charge in [-0.2, -0.15) is 0 Å². The number of nitrogens with one attached hydrogen (secondary N) is 1. The molecule has 0 amide bonds. The molecule has 1 N–H and O–H groups in total. The van der Waals surface area contributed by atoms with Crippen LogP contribution in [0, 0.1) is 0 Å². The largest absolute Gasteiger partial charge is 0.465 e. The maximum Gasteiger partial charge on any atom is 0.327 e. The predicted molar refractivity (Wildman–Crippen MR) is 81.9 cm³/mol. The second kappa shape index (κ2) is 9.32. The lowest BCUT2D eigenvalue weighted by atomic mass is 10.0. The van der Waals surface area contributed by atoms with E-state index in [9.17, 15) is 4.79 Å². The lowest BCUT2D eigenvalue weighted by Gasteiger charge is -2.34. The fourth-order valence-corrected chi connectivity index (χ4v) is 2.16. The third-order valence-electron chi connectivity index (χ3n) is 2.84. The smallest absolute Gasteiger partial charge is 0.327 e. The van der Waals surface area contributed by atoms with Crippen molar-refractivity contribution in [3.63, 3.8) is 0 Å². The zero-order valence-electron chi connectivity index (χ0n) is 14.2. The first-order chi connectivity index (χ1) is 9.21. The highest BCUT2D eigenvalue weighted by atomic mass is 16.5. The molecule has 20 heavy (non-hydrogen) atoms. The molecule has 0 aliphatic carbocycles. The third kappa shape index (κ3) is 7.82. The van der Waals surface area contributed by atoms with E-state index < -0.39 is 5.54 Å². The van der Waals surface area contributed by atoms with Gasteiger partial charge in [0, 0.05) is 19.1 Å². The van der Waals surface area contributed by atoms with E-state index in [1.165, 1.54) is 0 Å². The first-order valence-electron chi connectivity index (χ1n) is 7.46. The Kier molecular flexibility index (Phi) is 9.01. The zero-order valence-corrected chi connectivity index (χ0v) is 14.2. The molecule has 0 saturated heterocycles. The molecule has 0 rings (SSSR count). The molecule has 0 aliphatic rings. The van der Waals surface area contributed by atoms with Gasteiger partial charge in [-0.15, -0.1) is 0 Å². The van der Waals surface area contributed by atoms with Crippen LogP contribution in [0.1, 0.15) is 41.5 Å². The van der Waals surface area contributed by atoms with Gasteiger partial charge in [0.1, 0.15) is 5.54 Å². The molecule has 0 aromatic carbocycles. The van der Waals surface area contributed by atoms with Crippen LogP contribution in [0.15, 0.2) is 0 Å². The molecule has 1 atom stereocenters. The molecule has 0 fully saturated rings. The van der Waals surface area contributed by atoms with Gasteiger partial charge in [-0.1, -0.05) is 0 Å². The maximum absolute atomic E-state index is 12.2. The van der Waals surface area contributed by atoms with Crippen LogP contribution in [-0.4, -0.2) is 61.9 Å². The van der Waals surface area contributed by atoms with Gasteiger partial charge in [-0.3, -0.25) is 10.1 Å². The van der Waals surface area contributed by atoms with E-state index in [0.717, 1.165) is 6.54 Å². The molecule has 0 heterocycles. The van der Waals surface area contributed by atoms with Crippen molar-refractivity contribution in [2.75, 3.05) is 33.4 Å². The Morgan fingerprint density at radius 2 is 1.90 bits per heavy atom. The SMILES string of the molecule is CCOC(=O)C(C)(CN(C)CCOC(C)C)NC(C)C. The summed E-state index contributed by atoms with van der Waals surface area (Å²) >= 11 is 0. The molecule has 120 valence electrons. The van der Waals surface area contributed by atoms with Gasteiger partial charge in [0.15, 0.2) is 0 Å². The molecule has 5 heteroatoms. The number of hydrogen-bond acceptors (Lipinski definition) is 5. The van der Waals surface area contributed by atoms with Crippen molar-refractivity contribution in [1.82, 2.24) is 10.2 Å². The Hall–Kier alpha value is -0.650. The highest BCUT2D eigenvalue weighted by Gasteiger charge is 2.36. The Bertz CT molecular complexity index is 282. The van der Waals surface area contributed by atoms with Gasteiger partial charge in [-0.25, -0.2) is 0 Å². The minimum Gasteiger partial charge on any atom is -0.465 e. The summed E-state index contributed by atoms with van der Waals surface area (Å²) in [6.07, 6.45) is 0.230. The summed E-state index contributed by atoms with van der Waals surface area (Å²) in [6.45, 7) is 14.2. The molecule has 0 spiro atoms. The molecule has 0 aromatic rings. The normalized spacial score (nSPS) is 14.9. The second-order valence-electron chi connectivity index (χ2n) is 6.01. The summed E-state index contributed by atoms with van der Waals surface area (Å²) < 4.78 is 10.7. The summed E-state index contributed by atoms with van der Waals surface area (Å²) in [5, 5.41) is 3.31. The topological polar surface area (TPSA) is 50.8 Å². The van der Waals surface area contributed by atoms with E-state index in [2.05, 4.69) is 10.2 Å².